The number of hydrogen-bond acceptors (Lipinski definition) is 4. The molecule has 0 bridgehead atoms. The number of nitrogens with one attached hydrogen (secondary N) is 1. The van der Waals surface area contributed by atoms with E-state index in [2.05, 4.69) is 5.32 Å². The van der Waals surface area contributed by atoms with Gasteiger partial charge in [-0.2, -0.15) is 0 Å². The summed E-state index contributed by atoms with van der Waals surface area (Å²) in [5.41, 5.74) is 7.37. The third-order valence-corrected chi connectivity index (χ3v) is 6.31. The maximum absolute atomic E-state index is 12.8. The fraction of sp³-hybridized carbons (Fsp3) is 0.391. The summed E-state index contributed by atoms with van der Waals surface area (Å²) < 4.78 is 5.59. The topological polar surface area (TPSA) is 81.4 Å². The lowest BCUT2D eigenvalue weighted by Crippen LogP contribution is -2.43. The molecular weight excluding hydrogens is 388 g/mol. The number of anilines is 1. The van der Waals surface area contributed by atoms with Crippen molar-refractivity contribution in [2.24, 2.45) is 11.7 Å². The Hall–Kier alpha value is -2.37. The van der Waals surface area contributed by atoms with Gasteiger partial charge < -0.3 is 15.8 Å². The van der Waals surface area contributed by atoms with Crippen molar-refractivity contribution in [2.75, 3.05) is 11.9 Å². The van der Waals surface area contributed by atoms with Gasteiger partial charge in [0.05, 0.1) is 12.0 Å². The summed E-state index contributed by atoms with van der Waals surface area (Å²) in [6, 6.07) is 14.5. The van der Waals surface area contributed by atoms with E-state index < -0.39 is 5.41 Å². The maximum atomic E-state index is 12.8. The molecule has 29 heavy (non-hydrogen) atoms. The largest absolute Gasteiger partial charge is 0.465 e. The summed E-state index contributed by atoms with van der Waals surface area (Å²) >= 11 is 5.95. The number of amides is 1. The average Bonchev–Trinajstić information content (AvgIpc) is 3.37. The summed E-state index contributed by atoms with van der Waals surface area (Å²) in [6.45, 7) is 0.437. The van der Waals surface area contributed by atoms with Crippen molar-refractivity contribution < 1.29 is 14.3 Å². The highest BCUT2D eigenvalue weighted by atomic mass is 35.5. The van der Waals surface area contributed by atoms with E-state index in [9.17, 15) is 9.59 Å². The predicted molar refractivity (Wildman–Crippen MR) is 113 cm³/mol. The van der Waals surface area contributed by atoms with Crippen LogP contribution >= 0.6 is 11.6 Å². The van der Waals surface area contributed by atoms with Crippen LogP contribution < -0.4 is 11.1 Å². The van der Waals surface area contributed by atoms with E-state index in [1.54, 1.807) is 24.3 Å². The summed E-state index contributed by atoms with van der Waals surface area (Å²) in [7, 11) is 0. The van der Waals surface area contributed by atoms with Crippen LogP contribution in [0.15, 0.2) is 48.5 Å². The second-order valence-corrected chi connectivity index (χ2v) is 8.50. The lowest BCUT2D eigenvalue weighted by molar-refractivity contribution is -0.154. The van der Waals surface area contributed by atoms with Crippen LogP contribution in [0, 0.1) is 5.92 Å². The van der Waals surface area contributed by atoms with E-state index in [0.717, 1.165) is 37.7 Å². The molecule has 2 aliphatic rings. The highest BCUT2D eigenvalue weighted by Gasteiger charge is 2.47. The zero-order chi connectivity index (χ0) is 20.4. The smallest absolute Gasteiger partial charge is 0.316 e. The van der Waals surface area contributed by atoms with Crippen LogP contribution in [0.2, 0.25) is 5.02 Å². The molecule has 4 rings (SSSR count). The van der Waals surface area contributed by atoms with Gasteiger partial charge >= 0.3 is 5.97 Å². The van der Waals surface area contributed by atoms with Gasteiger partial charge in [0.2, 0.25) is 0 Å². The van der Waals surface area contributed by atoms with Crippen LogP contribution in [0.4, 0.5) is 5.69 Å². The Balaban J connectivity index is 1.39. The SMILES string of the molecule is NC1CC1CCOC(=O)C1(c2ccc(NC(=O)c3cccc(Cl)c3)cc2)CCC1. The third kappa shape index (κ3) is 4.31. The van der Waals surface area contributed by atoms with Crippen molar-refractivity contribution in [3.63, 3.8) is 0 Å². The minimum absolute atomic E-state index is 0.145. The van der Waals surface area contributed by atoms with Gasteiger partial charge in [-0.1, -0.05) is 36.2 Å². The van der Waals surface area contributed by atoms with Gasteiger partial charge in [-0.05, 0) is 67.5 Å². The van der Waals surface area contributed by atoms with E-state index in [-0.39, 0.29) is 17.9 Å². The molecule has 0 spiro atoms. The van der Waals surface area contributed by atoms with Crippen LogP contribution in [0.5, 0.6) is 0 Å². The molecule has 2 aliphatic carbocycles. The van der Waals surface area contributed by atoms with Crippen molar-refractivity contribution in [2.45, 2.75) is 43.6 Å². The summed E-state index contributed by atoms with van der Waals surface area (Å²) in [4.78, 5) is 25.1. The number of nitrogens with two attached hydrogens (primary N) is 1. The number of hydrogen-bond donors (Lipinski definition) is 2. The van der Waals surface area contributed by atoms with Gasteiger partial charge in [-0.3, -0.25) is 9.59 Å². The molecule has 5 nitrogen and oxygen atoms in total. The first kappa shape index (κ1) is 19.9. The number of rotatable bonds is 7. The number of halogens is 1. The predicted octanol–water partition coefficient (Wildman–Crippen LogP) is 4.29. The van der Waals surface area contributed by atoms with E-state index in [1.165, 1.54) is 0 Å². The normalized spacial score (nSPS) is 21.7. The number of esters is 1. The second kappa shape index (κ2) is 8.17. The Kier molecular flexibility index (Phi) is 5.61. The fourth-order valence-corrected chi connectivity index (χ4v) is 4.08. The van der Waals surface area contributed by atoms with Gasteiger partial charge in [0.1, 0.15) is 0 Å². The van der Waals surface area contributed by atoms with Crippen molar-refractivity contribution in [1.29, 1.82) is 0 Å². The molecule has 152 valence electrons. The minimum Gasteiger partial charge on any atom is -0.465 e. The molecular formula is C23H25ClN2O3. The molecule has 0 radical (unpaired) electrons. The van der Waals surface area contributed by atoms with E-state index in [4.69, 9.17) is 22.1 Å². The molecule has 2 aromatic carbocycles. The fourth-order valence-electron chi connectivity index (χ4n) is 3.89. The molecule has 3 N–H and O–H groups in total. The van der Waals surface area contributed by atoms with Crippen LogP contribution in [0.1, 0.15) is 48.0 Å². The van der Waals surface area contributed by atoms with Crippen LogP contribution in [0.3, 0.4) is 0 Å². The summed E-state index contributed by atoms with van der Waals surface area (Å²) in [6.07, 6.45) is 4.48. The number of benzene rings is 2. The molecule has 2 unspecified atom stereocenters. The average molecular weight is 413 g/mol. The third-order valence-electron chi connectivity index (χ3n) is 6.08. The lowest BCUT2D eigenvalue weighted by atomic mass is 9.64. The molecule has 0 aliphatic heterocycles. The quantitative estimate of drug-likeness (QED) is 0.664. The van der Waals surface area contributed by atoms with Gasteiger partial charge in [0.25, 0.3) is 5.91 Å². The Morgan fingerprint density at radius 1 is 1.17 bits per heavy atom. The van der Waals surface area contributed by atoms with Gasteiger partial charge in [0, 0.05) is 22.3 Å². The number of carbonyl (C=O) groups excluding carboxylic acids is 2. The van der Waals surface area contributed by atoms with E-state index >= 15 is 0 Å². The first-order valence-corrected chi connectivity index (χ1v) is 10.5. The Morgan fingerprint density at radius 3 is 2.48 bits per heavy atom. The highest BCUT2D eigenvalue weighted by Crippen LogP contribution is 2.45. The summed E-state index contributed by atoms with van der Waals surface area (Å²) in [5.74, 6) is 0.132. The zero-order valence-corrected chi connectivity index (χ0v) is 17.0. The Morgan fingerprint density at radius 2 is 1.90 bits per heavy atom. The second-order valence-electron chi connectivity index (χ2n) is 8.06. The molecule has 2 atom stereocenters. The first-order valence-electron chi connectivity index (χ1n) is 10.1. The maximum Gasteiger partial charge on any atom is 0.316 e. The van der Waals surface area contributed by atoms with Crippen molar-refractivity contribution >= 4 is 29.2 Å². The Bertz CT molecular complexity index is 909. The van der Waals surface area contributed by atoms with Gasteiger partial charge in [0.15, 0.2) is 0 Å². The molecule has 6 heteroatoms. The molecule has 2 fully saturated rings. The molecule has 0 heterocycles. The number of ether oxygens (including phenoxy) is 1. The van der Waals surface area contributed by atoms with E-state index in [0.29, 0.717) is 28.8 Å². The van der Waals surface area contributed by atoms with Crippen LogP contribution in [-0.2, 0) is 14.9 Å². The molecule has 2 saturated carbocycles. The standard InChI is InChI=1S/C23H25ClN2O3/c24-18-4-1-3-16(13-18)21(27)26-19-7-5-17(6-8-19)23(10-2-11-23)22(28)29-12-9-15-14-20(15)25/h1,3-8,13,15,20H,2,9-12,14,25H2,(H,26,27). The van der Waals surface area contributed by atoms with Gasteiger partial charge in [-0.25, -0.2) is 0 Å². The monoisotopic (exact) mass is 412 g/mol. The minimum atomic E-state index is -0.554. The zero-order valence-electron chi connectivity index (χ0n) is 16.2. The molecule has 0 saturated heterocycles. The van der Waals surface area contributed by atoms with Crippen molar-refractivity contribution in [3.05, 3.63) is 64.7 Å². The molecule has 0 aromatic heterocycles. The molecule has 1 amide bonds. The van der Waals surface area contributed by atoms with Crippen molar-refractivity contribution in [1.82, 2.24) is 0 Å². The summed E-state index contributed by atoms with van der Waals surface area (Å²) in [5, 5.41) is 3.38. The highest BCUT2D eigenvalue weighted by molar-refractivity contribution is 6.31. The Labute approximate surface area is 175 Å². The van der Waals surface area contributed by atoms with Gasteiger partial charge in [-0.15, -0.1) is 0 Å². The van der Waals surface area contributed by atoms with Crippen LogP contribution in [-0.4, -0.2) is 24.5 Å². The number of carbonyl (C=O) groups is 2. The van der Waals surface area contributed by atoms with Crippen LogP contribution in [0.25, 0.3) is 0 Å². The molecule has 2 aromatic rings. The lowest BCUT2D eigenvalue weighted by Gasteiger charge is -2.39. The van der Waals surface area contributed by atoms with E-state index in [1.807, 2.05) is 24.3 Å². The first-order chi connectivity index (χ1) is 14.0. The van der Waals surface area contributed by atoms with Crippen molar-refractivity contribution in [3.8, 4) is 0 Å².